The Morgan fingerprint density at radius 1 is 1.32 bits per heavy atom. The molecule has 1 aromatic heterocycles. The fourth-order valence-corrected chi connectivity index (χ4v) is 2.01. The topological polar surface area (TPSA) is 108 Å². The molecule has 0 bridgehead atoms. The van der Waals surface area contributed by atoms with Crippen molar-refractivity contribution < 1.29 is 4.92 Å². The first kappa shape index (κ1) is 13.2. The normalized spacial score (nSPS) is 10.4. The van der Waals surface area contributed by atoms with Crippen molar-refractivity contribution >= 4 is 23.4 Å². The van der Waals surface area contributed by atoms with Gasteiger partial charge >= 0.3 is 0 Å². The number of thioether (sulfide) groups is 1. The molecule has 0 saturated carbocycles. The van der Waals surface area contributed by atoms with Gasteiger partial charge in [0.05, 0.1) is 4.92 Å². The van der Waals surface area contributed by atoms with E-state index in [0.717, 1.165) is 0 Å². The average Bonchev–Trinajstić information content (AvgIpc) is 2.37. The highest BCUT2D eigenvalue weighted by molar-refractivity contribution is 7.98. The molecule has 19 heavy (non-hydrogen) atoms. The maximum Gasteiger partial charge on any atom is 0.273 e. The summed E-state index contributed by atoms with van der Waals surface area (Å²) >= 11 is 1.33. The third kappa shape index (κ3) is 2.63. The van der Waals surface area contributed by atoms with Crippen LogP contribution in [0.3, 0.4) is 0 Å². The average molecular weight is 277 g/mol. The van der Waals surface area contributed by atoms with Crippen molar-refractivity contribution in [1.29, 1.82) is 0 Å². The summed E-state index contributed by atoms with van der Waals surface area (Å²) in [6, 6.07) is 4.76. The fourth-order valence-electron chi connectivity index (χ4n) is 1.65. The number of hydrogen-bond donors (Lipinski definition) is 1. The number of nitrogen functional groups attached to an aromatic ring is 1. The molecule has 1 heterocycles. The van der Waals surface area contributed by atoms with E-state index in [1.165, 1.54) is 17.8 Å². The number of nitro benzene ring substituents is 1. The van der Waals surface area contributed by atoms with Gasteiger partial charge in [0.25, 0.3) is 5.69 Å². The largest absolute Gasteiger partial charge is 0.368 e. The first-order chi connectivity index (χ1) is 9.02. The van der Waals surface area contributed by atoms with Gasteiger partial charge in [-0.25, -0.2) is 4.98 Å². The van der Waals surface area contributed by atoms with Gasteiger partial charge in [-0.05, 0) is 13.2 Å². The van der Waals surface area contributed by atoms with Crippen LogP contribution in [0.5, 0.6) is 0 Å². The van der Waals surface area contributed by atoms with Crippen molar-refractivity contribution in [3.63, 3.8) is 0 Å². The Bertz CT molecular complexity index is 647. The Hall–Kier alpha value is -2.22. The Morgan fingerprint density at radius 2 is 2.05 bits per heavy atom. The van der Waals surface area contributed by atoms with Gasteiger partial charge in [-0.1, -0.05) is 23.9 Å². The summed E-state index contributed by atoms with van der Waals surface area (Å²) in [6.07, 6.45) is 1.82. The van der Waals surface area contributed by atoms with Gasteiger partial charge in [0, 0.05) is 17.2 Å². The van der Waals surface area contributed by atoms with Crippen LogP contribution in [0.1, 0.15) is 5.56 Å². The van der Waals surface area contributed by atoms with Crippen molar-refractivity contribution in [1.82, 2.24) is 15.0 Å². The molecule has 0 aliphatic rings. The number of hydrogen-bond acceptors (Lipinski definition) is 7. The van der Waals surface area contributed by atoms with Gasteiger partial charge in [-0.2, -0.15) is 9.97 Å². The molecule has 0 aliphatic carbocycles. The van der Waals surface area contributed by atoms with E-state index in [9.17, 15) is 10.1 Å². The highest BCUT2D eigenvalue weighted by Gasteiger charge is 2.16. The number of aromatic nitrogens is 3. The predicted octanol–water partition coefficient (Wildman–Crippen LogP) is 2.06. The lowest BCUT2D eigenvalue weighted by atomic mass is 10.1. The lowest BCUT2D eigenvalue weighted by Crippen LogP contribution is -2.03. The van der Waals surface area contributed by atoms with Crippen molar-refractivity contribution in [2.75, 3.05) is 12.0 Å². The smallest absolute Gasteiger partial charge is 0.273 e. The van der Waals surface area contributed by atoms with E-state index >= 15 is 0 Å². The van der Waals surface area contributed by atoms with E-state index in [1.54, 1.807) is 19.1 Å². The van der Waals surface area contributed by atoms with Gasteiger partial charge in [-0.3, -0.25) is 10.1 Å². The van der Waals surface area contributed by atoms with Crippen LogP contribution in [0.4, 0.5) is 11.6 Å². The molecule has 2 N–H and O–H groups in total. The molecule has 0 radical (unpaired) electrons. The third-order valence-corrected chi connectivity index (χ3v) is 3.11. The van der Waals surface area contributed by atoms with Gasteiger partial charge in [0.1, 0.15) is 0 Å². The predicted molar refractivity (Wildman–Crippen MR) is 72.8 cm³/mol. The van der Waals surface area contributed by atoms with Gasteiger partial charge in [0.15, 0.2) is 11.0 Å². The lowest BCUT2D eigenvalue weighted by Gasteiger charge is -2.06. The summed E-state index contributed by atoms with van der Waals surface area (Å²) in [5, 5.41) is 11.4. The molecular weight excluding hydrogens is 266 g/mol. The van der Waals surface area contributed by atoms with Crippen LogP contribution in [0.15, 0.2) is 23.4 Å². The summed E-state index contributed by atoms with van der Waals surface area (Å²) < 4.78 is 0. The van der Waals surface area contributed by atoms with Crippen LogP contribution in [-0.4, -0.2) is 26.1 Å². The quantitative estimate of drug-likeness (QED) is 0.519. The minimum Gasteiger partial charge on any atom is -0.368 e. The van der Waals surface area contributed by atoms with Crippen LogP contribution in [0.25, 0.3) is 11.4 Å². The van der Waals surface area contributed by atoms with Crippen molar-refractivity contribution in [3.05, 3.63) is 33.9 Å². The molecule has 2 rings (SSSR count). The minimum atomic E-state index is -0.432. The summed E-state index contributed by atoms with van der Waals surface area (Å²) in [7, 11) is 0. The van der Waals surface area contributed by atoms with Crippen molar-refractivity contribution in [2.45, 2.75) is 12.1 Å². The number of nitrogens with two attached hydrogens (primary N) is 1. The molecule has 0 unspecified atom stereocenters. The number of anilines is 1. The molecule has 0 aliphatic heterocycles. The molecule has 0 atom stereocenters. The molecule has 0 spiro atoms. The molecule has 1 aromatic carbocycles. The molecule has 8 heteroatoms. The minimum absolute atomic E-state index is 0.0298. The van der Waals surface area contributed by atoms with E-state index in [-0.39, 0.29) is 11.6 Å². The Labute approximate surface area is 113 Å². The van der Waals surface area contributed by atoms with Crippen LogP contribution in [0, 0.1) is 17.0 Å². The van der Waals surface area contributed by atoms with Crippen LogP contribution in [-0.2, 0) is 0 Å². The number of benzene rings is 1. The van der Waals surface area contributed by atoms with E-state index < -0.39 is 4.92 Å². The van der Waals surface area contributed by atoms with Gasteiger partial charge in [-0.15, -0.1) is 0 Å². The zero-order valence-electron chi connectivity index (χ0n) is 10.3. The Morgan fingerprint density at radius 3 is 2.68 bits per heavy atom. The first-order valence-corrected chi connectivity index (χ1v) is 6.55. The summed E-state index contributed by atoms with van der Waals surface area (Å²) in [6.45, 7) is 1.66. The molecule has 0 fully saturated rings. The zero-order valence-corrected chi connectivity index (χ0v) is 11.1. The van der Waals surface area contributed by atoms with Gasteiger partial charge in [0.2, 0.25) is 5.95 Å². The van der Waals surface area contributed by atoms with Crippen molar-refractivity contribution in [2.24, 2.45) is 0 Å². The zero-order chi connectivity index (χ0) is 14.0. The fraction of sp³-hybridized carbons (Fsp3) is 0.182. The Kier molecular flexibility index (Phi) is 3.61. The number of rotatable bonds is 3. The number of nitrogens with zero attached hydrogens (tertiary/aromatic N) is 4. The molecule has 98 valence electrons. The SMILES string of the molecule is CSc1nc(N)nc(-c2cccc([N+](=O)[O-])c2C)n1. The summed E-state index contributed by atoms with van der Waals surface area (Å²) in [5.41, 5.74) is 6.73. The standard InChI is InChI=1S/C11H11N5O2S/c1-6-7(4-3-5-8(6)16(17)18)9-13-10(12)15-11(14-9)19-2/h3-5H,1-2H3,(H2,12,13,14,15). The monoisotopic (exact) mass is 277 g/mol. The lowest BCUT2D eigenvalue weighted by molar-refractivity contribution is -0.385. The number of nitro groups is 1. The second-order valence-corrected chi connectivity index (χ2v) is 4.48. The van der Waals surface area contributed by atoms with Crippen LogP contribution >= 0.6 is 11.8 Å². The molecule has 0 amide bonds. The molecule has 0 saturated heterocycles. The molecule has 7 nitrogen and oxygen atoms in total. The van der Waals surface area contributed by atoms with E-state index in [4.69, 9.17) is 5.73 Å². The van der Waals surface area contributed by atoms with E-state index in [1.807, 2.05) is 6.26 Å². The van der Waals surface area contributed by atoms with Crippen LogP contribution in [0.2, 0.25) is 0 Å². The van der Waals surface area contributed by atoms with Crippen molar-refractivity contribution in [3.8, 4) is 11.4 Å². The molecule has 2 aromatic rings. The van der Waals surface area contributed by atoms with Crippen LogP contribution < -0.4 is 5.73 Å². The van der Waals surface area contributed by atoms with E-state index in [2.05, 4.69) is 15.0 Å². The van der Waals surface area contributed by atoms with E-state index in [0.29, 0.717) is 22.1 Å². The Balaban J connectivity index is 2.62. The second-order valence-electron chi connectivity index (χ2n) is 3.71. The maximum atomic E-state index is 10.9. The highest BCUT2D eigenvalue weighted by atomic mass is 32.2. The summed E-state index contributed by atoms with van der Waals surface area (Å²) in [5.74, 6) is 0.443. The molecular formula is C11H11N5O2S. The third-order valence-electron chi connectivity index (χ3n) is 2.56. The summed E-state index contributed by atoms with van der Waals surface area (Å²) in [4.78, 5) is 22.7. The maximum absolute atomic E-state index is 10.9. The second kappa shape index (κ2) is 5.19. The highest BCUT2D eigenvalue weighted by Crippen LogP contribution is 2.28. The van der Waals surface area contributed by atoms with Gasteiger partial charge < -0.3 is 5.73 Å². The first-order valence-electron chi connectivity index (χ1n) is 5.33.